The van der Waals surface area contributed by atoms with Crippen LogP contribution in [0.4, 0.5) is 17.6 Å². The summed E-state index contributed by atoms with van der Waals surface area (Å²) in [4.78, 5) is 10.6. The summed E-state index contributed by atoms with van der Waals surface area (Å²) in [6.45, 7) is 4.11. The van der Waals surface area contributed by atoms with E-state index >= 15 is 4.39 Å². The van der Waals surface area contributed by atoms with E-state index in [0.29, 0.717) is 51.6 Å². The van der Waals surface area contributed by atoms with Gasteiger partial charge in [0.15, 0.2) is 6.29 Å². The van der Waals surface area contributed by atoms with E-state index in [9.17, 15) is 23.1 Å². The molecule has 9 heteroatoms. The Bertz CT molecular complexity index is 680. The first-order chi connectivity index (χ1) is 17.0. The van der Waals surface area contributed by atoms with Crippen LogP contribution in [0.1, 0.15) is 97.3 Å². The summed E-state index contributed by atoms with van der Waals surface area (Å²) in [5.41, 5.74) is -3.45. The number of carbonyl (C=O) groups is 1. The van der Waals surface area contributed by atoms with Gasteiger partial charge in [-0.2, -0.15) is 13.2 Å². The number of ether oxygens (including phenoxy) is 2. The van der Waals surface area contributed by atoms with Gasteiger partial charge in [0.2, 0.25) is 5.67 Å². The predicted molar refractivity (Wildman–Crippen MR) is 129 cm³/mol. The summed E-state index contributed by atoms with van der Waals surface area (Å²) in [5.74, 6) is -0.961. The third-order valence-electron chi connectivity index (χ3n) is 7.82. The number of hydrogen-bond acceptors (Lipinski definition) is 4. The van der Waals surface area contributed by atoms with Crippen LogP contribution in [0, 0.1) is 17.8 Å². The maximum absolute atomic E-state index is 15.8. The molecule has 36 heavy (non-hydrogen) atoms. The minimum atomic E-state index is -5.06. The Balaban J connectivity index is 2.11. The first-order valence-electron chi connectivity index (χ1n) is 13.6. The summed E-state index contributed by atoms with van der Waals surface area (Å²) < 4.78 is 69.3. The first-order valence-corrected chi connectivity index (χ1v) is 13.6. The second-order valence-electron chi connectivity index (χ2n) is 10.6. The second-order valence-corrected chi connectivity index (χ2v) is 10.6. The van der Waals surface area contributed by atoms with Gasteiger partial charge < -0.3 is 19.7 Å². The van der Waals surface area contributed by atoms with Crippen molar-refractivity contribution in [2.24, 2.45) is 17.8 Å². The van der Waals surface area contributed by atoms with Crippen LogP contribution in [0.2, 0.25) is 0 Å². The molecular weight excluding hydrogens is 480 g/mol. The van der Waals surface area contributed by atoms with Gasteiger partial charge in [-0.05, 0) is 82.0 Å². The van der Waals surface area contributed by atoms with E-state index in [0.717, 1.165) is 12.8 Å². The largest absolute Gasteiger partial charge is 0.481 e. The Morgan fingerprint density at radius 2 is 1.92 bits per heavy atom. The smallest absolute Gasteiger partial charge is 0.425 e. The van der Waals surface area contributed by atoms with Crippen LogP contribution >= 0.6 is 0 Å². The van der Waals surface area contributed by atoms with Crippen LogP contribution in [0.15, 0.2) is 12.2 Å². The zero-order chi connectivity index (χ0) is 26.8. The zero-order valence-electron chi connectivity index (χ0n) is 21.6. The van der Waals surface area contributed by atoms with Crippen LogP contribution < -0.4 is 0 Å². The van der Waals surface area contributed by atoms with Crippen molar-refractivity contribution in [1.29, 1.82) is 0 Å². The molecule has 210 valence electrons. The van der Waals surface area contributed by atoms with E-state index < -0.39 is 42.7 Å². The molecule has 1 aliphatic heterocycles. The highest BCUT2D eigenvalue weighted by atomic mass is 19.4. The predicted octanol–water partition coefficient (Wildman–Crippen LogP) is 6.97. The lowest BCUT2D eigenvalue weighted by Gasteiger charge is -2.39. The summed E-state index contributed by atoms with van der Waals surface area (Å²) in [7, 11) is 0. The summed E-state index contributed by atoms with van der Waals surface area (Å²) in [5, 5.41) is 19.4. The van der Waals surface area contributed by atoms with Crippen LogP contribution in [-0.4, -0.2) is 53.1 Å². The third-order valence-corrected chi connectivity index (χ3v) is 7.82. The van der Waals surface area contributed by atoms with E-state index in [4.69, 9.17) is 14.6 Å². The maximum atomic E-state index is 15.8. The van der Waals surface area contributed by atoms with E-state index in [2.05, 4.69) is 0 Å². The Kier molecular flexibility index (Phi) is 12.6. The number of unbranched alkanes of at least 4 members (excludes halogenated alkanes) is 2. The van der Waals surface area contributed by atoms with Gasteiger partial charge in [0.25, 0.3) is 0 Å². The molecule has 2 rings (SSSR count). The monoisotopic (exact) mass is 524 g/mol. The summed E-state index contributed by atoms with van der Waals surface area (Å²) >= 11 is 0. The van der Waals surface area contributed by atoms with Crippen molar-refractivity contribution < 1.29 is 42.0 Å². The molecule has 2 N–H and O–H groups in total. The highest BCUT2D eigenvalue weighted by Gasteiger charge is 2.61. The number of carboxylic acids is 1. The molecule has 2 aliphatic rings. The molecule has 1 heterocycles. The van der Waals surface area contributed by atoms with E-state index in [1.165, 1.54) is 0 Å². The van der Waals surface area contributed by atoms with Crippen molar-refractivity contribution in [3.63, 3.8) is 0 Å². The van der Waals surface area contributed by atoms with Gasteiger partial charge in [-0.1, -0.05) is 38.8 Å². The zero-order valence-corrected chi connectivity index (χ0v) is 21.6. The number of rotatable bonds is 15. The number of aliphatic carboxylic acids is 1. The van der Waals surface area contributed by atoms with Gasteiger partial charge in [0.05, 0.1) is 6.10 Å². The van der Waals surface area contributed by atoms with Crippen LogP contribution in [0.25, 0.3) is 0 Å². The van der Waals surface area contributed by atoms with Crippen molar-refractivity contribution >= 4 is 5.97 Å². The molecule has 0 radical (unpaired) electrons. The molecule has 7 atom stereocenters. The molecular formula is C27H44F4O5. The second kappa shape index (κ2) is 14.7. The fourth-order valence-electron chi connectivity index (χ4n) is 5.68. The number of halogens is 4. The number of hydrogen-bond donors (Lipinski definition) is 2. The van der Waals surface area contributed by atoms with Gasteiger partial charge in [-0.25, -0.2) is 4.39 Å². The lowest BCUT2D eigenvalue weighted by Crippen LogP contribution is -2.53. The number of carboxylic acid groups (broad SMARTS) is 1. The average Bonchev–Trinajstić information content (AvgIpc) is 3.08. The molecule has 1 aliphatic carbocycles. The molecule has 2 fully saturated rings. The Morgan fingerprint density at radius 3 is 2.53 bits per heavy atom. The lowest BCUT2D eigenvalue weighted by atomic mass is 9.80. The lowest BCUT2D eigenvalue weighted by molar-refractivity contribution is -0.298. The van der Waals surface area contributed by atoms with Crippen LogP contribution in [0.3, 0.4) is 0 Å². The van der Waals surface area contributed by atoms with Crippen molar-refractivity contribution in [3.8, 4) is 0 Å². The topological polar surface area (TPSA) is 76.0 Å². The van der Waals surface area contributed by atoms with Crippen molar-refractivity contribution in [2.75, 3.05) is 6.61 Å². The van der Waals surface area contributed by atoms with Crippen molar-refractivity contribution in [1.82, 2.24) is 0 Å². The first kappa shape index (κ1) is 31.0. The van der Waals surface area contributed by atoms with E-state index in [-0.39, 0.29) is 37.0 Å². The molecule has 1 unspecified atom stereocenters. The molecule has 0 aromatic heterocycles. The normalized spacial score (nSPS) is 29.9. The SMILES string of the molecule is CCCC[C@@](F)([C@@H](CC[C@@H]1[C@@H](C/C=C\CCCC(=O)O)[C@@H](O)C[C@H]1C)OC1CCCCO1)C(F)(F)F. The number of aliphatic hydroxyl groups is 1. The van der Waals surface area contributed by atoms with Gasteiger partial charge in [-0.3, -0.25) is 4.79 Å². The average molecular weight is 525 g/mol. The van der Waals surface area contributed by atoms with Gasteiger partial charge in [-0.15, -0.1) is 0 Å². The van der Waals surface area contributed by atoms with Gasteiger partial charge in [0, 0.05) is 13.0 Å². The van der Waals surface area contributed by atoms with Gasteiger partial charge in [0.1, 0.15) is 6.10 Å². The molecule has 1 saturated heterocycles. The quantitative estimate of drug-likeness (QED) is 0.137. The molecule has 1 saturated carbocycles. The van der Waals surface area contributed by atoms with E-state index in [1.54, 1.807) is 6.92 Å². The Morgan fingerprint density at radius 1 is 1.17 bits per heavy atom. The summed E-state index contributed by atoms with van der Waals surface area (Å²) in [6.07, 6.45) is 0.165. The molecule has 5 nitrogen and oxygen atoms in total. The van der Waals surface area contributed by atoms with Gasteiger partial charge >= 0.3 is 12.1 Å². The number of alkyl halides is 4. The highest BCUT2D eigenvalue weighted by Crippen LogP contribution is 2.47. The van der Waals surface area contributed by atoms with Crippen molar-refractivity contribution in [3.05, 3.63) is 12.2 Å². The fraction of sp³-hybridized carbons (Fsp3) is 0.889. The molecule has 0 spiro atoms. The molecule has 0 aromatic carbocycles. The minimum absolute atomic E-state index is 0.0642. The van der Waals surface area contributed by atoms with Crippen molar-refractivity contribution in [2.45, 2.75) is 128 Å². The maximum Gasteiger partial charge on any atom is 0.425 e. The van der Waals surface area contributed by atoms with Crippen LogP contribution in [0.5, 0.6) is 0 Å². The Hall–Kier alpha value is -1.19. The molecule has 0 bridgehead atoms. The number of allylic oxidation sites excluding steroid dienone is 2. The minimum Gasteiger partial charge on any atom is -0.481 e. The Labute approximate surface area is 212 Å². The third kappa shape index (κ3) is 8.98. The highest BCUT2D eigenvalue weighted by molar-refractivity contribution is 5.66. The summed E-state index contributed by atoms with van der Waals surface area (Å²) in [6, 6.07) is 0. The number of aliphatic hydroxyl groups excluding tert-OH is 1. The molecule has 0 aromatic rings. The fourth-order valence-corrected chi connectivity index (χ4v) is 5.68. The van der Waals surface area contributed by atoms with Crippen LogP contribution in [-0.2, 0) is 14.3 Å². The molecule has 0 amide bonds. The van der Waals surface area contributed by atoms with E-state index in [1.807, 2.05) is 19.1 Å². The standard InChI is InChI=1S/C27H44F4O5/c1-3-4-16-26(28,27(29,30)31)23(36-25-13-9-10-17-35-25)15-14-20-19(2)18-22(32)21(20)11-7-5-6-8-12-24(33)34/h5,7,19-23,25,32H,3-4,6,8-18H2,1-2H3,(H,33,34)/b7-5-/t19-,20+,21-,22+,23-,25?,26-/m1/s1.